The van der Waals surface area contributed by atoms with Crippen molar-refractivity contribution in [1.29, 1.82) is 0 Å². The number of amides is 1. The second-order valence-electron chi connectivity index (χ2n) is 5.11. The molecule has 0 aliphatic heterocycles. The first-order valence-corrected chi connectivity index (χ1v) is 7.33. The highest BCUT2D eigenvalue weighted by Crippen LogP contribution is 2.04. The van der Waals surface area contributed by atoms with Crippen LogP contribution in [0.4, 0.5) is 0 Å². The molecule has 7 nitrogen and oxygen atoms in total. The summed E-state index contributed by atoms with van der Waals surface area (Å²) in [5.41, 5.74) is 0. The maximum absolute atomic E-state index is 11.7. The largest absolute Gasteiger partial charge is 0.481 e. The summed E-state index contributed by atoms with van der Waals surface area (Å²) in [7, 11) is 0. The van der Waals surface area contributed by atoms with E-state index in [1.807, 2.05) is 13.8 Å². The predicted octanol–water partition coefficient (Wildman–Crippen LogP) is 1.71. The number of hydrogen-bond donors (Lipinski definition) is 2. The summed E-state index contributed by atoms with van der Waals surface area (Å²) >= 11 is 0. The van der Waals surface area contributed by atoms with Crippen LogP contribution in [0.3, 0.4) is 0 Å². The number of carbonyl (C=O) groups excluding carboxylic acids is 1. The van der Waals surface area contributed by atoms with E-state index in [0.29, 0.717) is 31.0 Å². The molecule has 1 aromatic heterocycles. The van der Waals surface area contributed by atoms with E-state index in [4.69, 9.17) is 9.63 Å². The molecule has 0 aliphatic carbocycles. The number of carboxylic acids is 1. The molecule has 118 valence electrons. The third kappa shape index (κ3) is 7.43. The van der Waals surface area contributed by atoms with Gasteiger partial charge < -0.3 is 14.9 Å². The van der Waals surface area contributed by atoms with Crippen LogP contribution in [0.25, 0.3) is 0 Å². The number of aryl methyl sites for hydroxylation is 2. The average molecular weight is 297 g/mol. The van der Waals surface area contributed by atoms with Gasteiger partial charge in [0.25, 0.3) is 0 Å². The molecule has 1 aromatic rings. The lowest BCUT2D eigenvalue weighted by Gasteiger charge is -2.12. The average Bonchev–Trinajstić information content (AvgIpc) is 2.84. The van der Waals surface area contributed by atoms with E-state index in [1.54, 1.807) is 0 Å². The number of aliphatic carboxylic acids is 1. The Balaban J connectivity index is 2.21. The van der Waals surface area contributed by atoms with Gasteiger partial charge in [-0.15, -0.1) is 0 Å². The Labute approximate surface area is 124 Å². The van der Waals surface area contributed by atoms with Gasteiger partial charge in [-0.1, -0.05) is 12.1 Å². The first kappa shape index (κ1) is 17.1. The van der Waals surface area contributed by atoms with Gasteiger partial charge >= 0.3 is 5.97 Å². The molecule has 21 heavy (non-hydrogen) atoms. The van der Waals surface area contributed by atoms with Crippen LogP contribution in [0, 0.1) is 0 Å². The second kappa shape index (κ2) is 9.10. The molecule has 0 radical (unpaired) electrons. The van der Waals surface area contributed by atoms with Crippen molar-refractivity contribution >= 4 is 11.9 Å². The van der Waals surface area contributed by atoms with Crippen LogP contribution in [0.2, 0.25) is 0 Å². The standard InChI is InChI=1S/C14H23N3O4/c1-3-5-11-16-13(21-17-11)9-8-12(18)15-10(2)6-4-7-14(19)20/h10H,3-9H2,1-2H3,(H,15,18)(H,19,20). The minimum Gasteiger partial charge on any atom is -0.481 e. The smallest absolute Gasteiger partial charge is 0.303 e. The fraction of sp³-hybridized carbons (Fsp3) is 0.714. The van der Waals surface area contributed by atoms with Gasteiger partial charge in [-0.05, 0) is 26.2 Å². The second-order valence-corrected chi connectivity index (χ2v) is 5.11. The third-order valence-electron chi connectivity index (χ3n) is 2.98. The van der Waals surface area contributed by atoms with Crippen molar-refractivity contribution in [1.82, 2.24) is 15.5 Å². The molecule has 1 unspecified atom stereocenters. The lowest BCUT2D eigenvalue weighted by Crippen LogP contribution is -2.32. The van der Waals surface area contributed by atoms with E-state index >= 15 is 0 Å². The van der Waals surface area contributed by atoms with Gasteiger partial charge in [-0.3, -0.25) is 9.59 Å². The van der Waals surface area contributed by atoms with Gasteiger partial charge in [0.15, 0.2) is 5.82 Å². The lowest BCUT2D eigenvalue weighted by atomic mass is 10.1. The van der Waals surface area contributed by atoms with Gasteiger partial charge in [-0.2, -0.15) is 4.98 Å². The lowest BCUT2D eigenvalue weighted by molar-refractivity contribution is -0.137. The molecule has 1 heterocycles. The third-order valence-corrected chi connectivity index (χ3v) is 2.98. The molecule has 1 rings (SSSR count). The van der Waals surface area contributed by atoms with E-state index < -0.39 is 5.97 Å². The van der Waals surface area contributed by atoms with Crippen LogP contribution in [-0.2, 0) is 22.4 Å². The zero-order valence-corrected chi connectivity index (χ0v) is 12.6. The molecule has 2 N–H and O–H groups in total. The number of hydrogen-bond acceptors (Lipinski definition) is 5. The van der Waals surface area contributed by atoms with Crippen LogP contribution in [-0.4, -0.2) is 33.2 Å². The summed E-state index contributed by atoms with van der Waals surface area (Å²) in [6.07, 6.45) is 3.77. The summed E-state index contributed by atoms with van der Waals surface area (Å²) in [5.74, 6) is 0.253. The molecule has 7 heteroatoms. The molecule has 0 spiro atoms. The molecule has 0 saturated heterocycles. The molecule has 0 aliphatic rings. The molecule has 0 bridgehead atoms. The Hall–Kier alpha value is -1.92. The van der Waals surface area contributed by atoms with E-state index in [1.165, 1.54) is 0 Å². The fourth-order valence-electron chi connectivity index (χ4n) is 1.92. The minimum atomic E-state index is -0.812. The van der Waals surface area contributed by atoms with Crippen LogP contribution in [0.15, 0.2) is 4.52 Å². The highest BCUT2D eigenvalue weighted by molar-refractivity contribution is 5.76. The molecule has 0 fully saturated rings. The summed E-state index contributed by atoms with van der Waals surface area (Å²) < 4.78 is 5.06. The molecule has 1 amide bonds. The predicted molar refractivity (Wildman–Crippen MR) is 75.7 cm³/mol. The van der Waals surface area contributed by atoms with Crippen molar-refractivity contribution in [3.63, 3.8) is 0 Å². The van der Waals surface area contributed by atoms with E-state index in [0.717, 1.165) is 12.8 Å². The Morgan fingerprint density at radius 2 is 2.10 bits per heavy atom. The van der Waals surface area contributed by atoms with Gasteiger partial charge in [0.1, 0.15) is 0 Å². The Kier molecular flexibility index (Phi) is 7.42. The van der Waals surface area contributed by atoms with Crippen LogP contribution < -0.4 is 5.32 Å². The minimum absolute atomic E-state index is 0.0322. The maximum Gasteiger partial charge on any atom is 0.303 e. The maximum atomic E-state index is 11.7. The molecular formula is C14H23N3O4. The molecule has 1 atom stereocenters. The number of rotatable bonds is 10. The van der Waals surface area contributed by atoms with Gasteiger partial charge in [-0.25, -0.2) is 0 Å². The molecule has 0 saturated carbocycles. The molecular weight excluding hydrogens is 274 g/mol. The Morgan fingerprint density at radius 1 is 1.33 bits per heavy atom. The summed E-state index contributed by atoms with van der Waals surface area (Å²) in [4.78, 5) is 26.3. The summed E-state index contributed by atoms with van der Waals surface area (Å²) in [6.45, 7) is 3.90. The molecule has 0 aromatic carbocycles. The number of carbonyl (C=O) groups is 2. The van der Waals surface area contributed by atoms with Crippen LogP contribution in [0.5, 0.6) is 0 Å². The van der Waals surface area contributed by atoms with E-state index in [2.05, 4.69) is 15.5 Å². The van der Waals surface area contributed by atoms with E-state index in [-0.39, 0.29) is 24.8 Å². The zero-order valence-electron chi connectivity index (χ0n) is 12.6. The Morgan fingerprint density at radius 3 is 2.76 bits per heavy atom. The quantitative estimate of drug-likeness (QED) is 0.681. The van der Waals surface area contributed by atoms with Crippen molar-refractivity contribution in [3.05, 3.63) is 11.7 Å². The number of aromatic nitrogens is 2. The van der Waals surface area contributed by atoms with Crippen molar-refractivity contribution in [2.24, 2.45) is 0 Å². The topological polar surface area (TPSA) is 105 Å². The van der Waals surface area contributed by atoms with Crippen LogP contribution in [0.1, 0.15) is 57.7 Å². The van der Waals surface area contributed by atoms with Crippen LogP contribution >= 0.6 is 0 Å². The number of nitrogens with one attached hydrogen (secondary N) is 1. The summed E-state index contributed by atoms with van der Waals surface area (Å²) in [6, 6.07) is -0.0322. The van der Waals surface area contributed by atoms with Crippen molar-refractivity contribution in [2.45, 2.75) is 64.8 Å². The van der Waals surface area contributed by atoms with Crippen molar-refractivity contribution < 1.29 is 19.2 Å². The zero-order chi connectivity index (χ0) is 15.7. The number of nitrogens with zero attached hydrogens (tertiary/aromatic N) is 2. The SMILES string of the molecule is CCCc1noc(CCC(=O)NC(C)CCCC(=O)O)n1. The van der Waals surface area contributed by atoms with E-state index in [9.17, 15) is 9.59 Å². The van der Waals surface area contributed by atoms with Gasteiger partial charge in [0, 0.05) is 31.7 Å². The first-order valence-electron chi connectivity index (χ1n) is 7.33. The highest BCUT2D eigenvalue weighted by atomic mass is 16.5. The van der Waals surface area contributed by atoms with Crippen molar-refractivity contribution in [2.75, 3.05) is 0 Å². The van der Waals surface area contributed by atoms with Gasteiger partial charge in [0.05, 0.1) is 0 Å². The van der Waals surface area contributed by atoms with Crippen molar-refractivity contribution in [3.8, 4) is 0 Å². The monoisotopic (exact) mass is 297 g/mol. The summed E-state index contributed by atoms with van der Waals surface area (Å²) in [5, 5.41) is 15.2. The van der Waals surface area contributed by atoms with Gasteiger partial charge in [0.2, 0.25) is 11.8 Å². The highest BCUT2D eigenvalue weighted by Gasteiger charge is 2.11. The fourth-order valence-corrected chi connectivity index (χ4v) is 1.92. The number of carboxylic acid groups (broad SMARTS) is 1. The Bertz CT molecular complexity index is 459. The first-order chi connectivity index (χ1) is 10.0. The normalized spacial score (nSPS) is 12.1.